The minimum atomic E-state index is -2.94. The molecule has 2 aliphatic rings. The van der Waals surface area contributed by atoms with E-state index in [9.17, 15) is 23.8 Å². The zero-order valence-corrected chi connectivity index (χ0v) is 14.9. The number of hydrogen-bond donors (Lipinski definition) is 3. The first-order valence-corrected chi connectivity index (χ1v) is 8.62. The Bertz CT molecular complexity index is 553. The number of carbonyl (C=O) groups excluding carboxylic acids is 1. The minimum Gasteiger partial charge on any atom is -0.445 e. The summed E-state index contributed by atoms with van der Waals surface area (Å²) in [6, 6.07) is -0.939. The lowest BCUT2D eigenvalue weighted by molar-refractivity contribution is -0.193. The molecule has 0 saturated carbocycles. The van der Waals surface area contributed by atoms with Gasteiger partial charge in [-0.2, -0.15) is 0 Å². The van der Waals surface area contributed by atoms with Gasteiger partial charge in [-0.1, -0.05) is 44.7 Å². The monoisotopic (exact) mass is 380 g/mol. The minimum absolute atomic E-state index is 0.0313. The van der Waals surface area contributed by atoms with E-state index in [1.807, 2.05) is 26.8 Å². The van der Waals surface area contributed by atoms with Gasteiger partial charge in [0.25, 0.3) is 6.43 Å². The van der Waals surface area contributed by atoms with Crippen LogP contribution >= 0.6 is 11.8 Å². The topological polar surface area (TPSA) is 100 Å². The smallest absolute Gasteiger partial charge is 0.413 e. The normalized spacial score (nSPS) is 32.6. The van der Waals surface area contributed by atoms with Gasteiger partial charge >= 0.3 is 6.09 Å². The van der Waals surface area contributed by atoms with Gasteiger partial charge in [0.05, 0.1) is 0 Å². The molecule has 0 spiro atoms. The molecule has 5 atom stereocenters. The third-order valence-electron chi connectivity index (χ3n) is 3.49. The van der Waals surface area contributed by atoms with Crippen LogP contribution in [0.1, 0.15) is 20.8 Å². The quantitative estimate of drug-likeness (QED) is 0.642. The third kappa shape index (κ3) is 5.37. The number of aliphatic hydroxyl groups is 2. The number of allylic oxidation sites excluding steroid dienone is 1. The van der Waals surface area contributed by atoms with E-state index in [0.29, 0.717) is 0 Å². The van der Waals surface area contributed by atoms with Crippen LogP contribution in [0.5, 0.6) is 0 Å². The van der Waals surface area contributed by atoms with Gasteiger partial charge in [-0.3, -0.25) is 10.3 Å². The van der Waals surface area contributed by atoms with Crippen LogP contribution in [0.15, 0.2) is 17.1 Å². The number of nitrogens with one attached hydrogen (secondary N) is 1. The second-order valence-corrected chi connectivity index (χ2v) is 7.91. The largest absolute Gasteiger partial charge is 0.445 e. The molecule has 7 nitrogen and oxygen atoms in total. The maximum Gasteiger partial charge on any atom is 0.413 e. The molecule has 0 bridgehead atoms. The van der Waals surface area contributed by atoms with Crippen LogP contribution in [-0.2, 0) is 9.47 Å². The summed E-state index contributed by atoms with van der Waals surface area (Å²) in [5.41, 5.74) is -0.940. The van der Waals surface area contributed by atoms with Crippen LogP contribution in [0.4, 0.5) is 13.6 Å². The van der Waals surface area contributed by atoms with E-state index in [-0.39, 0.29) is 17.2 Å². The Morgan fingerprint density at radius 3 is 2.72 bits per heavy atom. The number of amides is 1. The first kappa shape index (κ1) is 20.1. The number of thioether (sulfide) groups is 1. The lowest BCUT2D eigenvalue weighted by Gasteiger charge is -2.37. The number of aliphatic imine (C=N–C) groups is 1. The van der Waals surface area contributed by atoms with Crippen LogP contribution in [0.25, 0.3) is 0 Å². The molecule has 10 heteroatoms. The molecule has 0 aromatic carbocycles. The maximum atomic E-state index is 12.8. The number of hydrogen-bond acceptors (Lipinski definition) is 7. The van der Waals surface area contributed by atoms with Gasteiger partial charge in [-0.25, -0.2) is 13.6 Å². The van der Waals surface area contributed by atoms with Crippen molar-refractivity contribution in [1.82, 2.24) is 5.32 Å². The molecule has 0 aromatic heterocycles. The van der Waals surface area contributed by atoms with Crippen molar-refractivity contribution in [2.45, 2.75) is 57.0 Å². The highest BCUT2D eigenvalue weighted by Gasteiger charge is 2.51. The molecule has 0 aliphatic carbocycles. The Morgan fingerprint density at radius 1 is 1.44 bits per heavy atom. The van der Waals surface area contributed by atoms with E-state index >= 15 is 0 Å². The number of ether oxygens (including phenoxy) is 2. The summed E-state index contributed by atoms with van der Waals surface area (Å²) in [6.45, 7) is 6.07. The molecule has 3 N–H and O–H groups in total. The zero-order valence-electron chi connectivity index (χ0n) is 14.1. The van der Waals surface area contributed by atoms with Crippen LogP contribution in [0.2, 0.25) is 0 Å². The number of alkyl carbamates (subject to hydrolysis) is 1. The van der Waals surface area contributed by atoms with Gasteiger partial charge in [-0.15, -0.1) is 0 Å². The maximum absolute atomic E-state index is 12.8. The fourth-order valence-corrected chi connectivity index (χ4v) is 3.39. The molecule has 2 heterocycles. The Hall–Kier alpha value is -1.23. The Kier molecular flexibility index (Phi) is 6.41. The number of amidine groups is 1. The highest BCUT2D eigenvalue weighted by molar-refractivity contribution is 8.14. The SMILES string of the molecule is CC(C)(C)C=CCOC(=O)NC1=N[C@@H]2[C@@H](O)[C@H](O)[C@@H](C(F)F)O[C@@H]2S1. The predicted molar refractivity (Wildman–Crippen MR) is 88.6 cm³/mol. The van der Waals surface area contributed by atoms with E-state index in [1.54, 1.807) is 6.08 Å². The predicted octanol–water partition coefficient (Wildman–Crippen LogP) is 1.50. The molecular formula is C15H22F2N2O5S. The molecule has 2 rings (SSSR count). The Balaban J connectivity index is 1.87. The van der Waals surface area contributed by atoms with Crippen molar-refractivity contribution in [3.8, 4) is 0 Å². The third-order valence-corrected chi connectivity index (χ3v) is 4.54. The number of halogens is 2. The van der Waals surface area contributed by atoms with Crippen LogP contribution in [0, 0.1) is 5.41 Å². The van der Waals surface area contributed by atoms with Crippen molar-refractivity contribution >= 4 is 23.0 Å². The second-order valence-electron chi connectivity index (χ2n) is 6.82. The lowest BCUT2D eigenvalue weighted by Crippen LogP contribution is -2.56. The average Bonchev–Trinajstić information content (AvgIpc) is 2.89. The standard InChI is InChI=1S/C15H22F2N2O5S/c1-15(2,3)5-4-6-23-14(22)19-13-18-7-8(20)9(21)10(11(16)17)24-12(7)25-13/h4-5,7-12,20-21H,6H2,1-3H3,(H,18,19,22)/t7-,8-,9+,10+,12-/m1/s1. The number of aliphatic hydroxyl groups excluding tert-OH is 2. The molecular weight excluding hydrogens is 358 g/mol. The number of fused-ring (bicyclic) bond motifs is 1. The Morgan fingerprint density at radius 2 is 2.12 bits per heavy atom. The number of rotatable bonds is 3. The first-order chi connectivity index (χ1) is 11.6. The van der Waals surface area contributed by atoms with E-state index < -0.39 is 42.3 Å². The van der Waals surface area contributed by atoms with Gasteiger partial charge < -0.3 is 19.7 Å². The van der Waals surface area contributed by atoms with Crippen molar-refractivity contribution < 1.29 is 33.3 Å². The first-order valence-electron chi connectivity index (χ1n) is 7.74. The summed E-state index contributed by atoms with van der Waals surface area (Å²) >= 11 is 0.887. The fourth-order valence-electron chi connectivity index (χ4n) is 2.30. The summed E-state index contributed by atoms with van der Waals surface area (Å²) < 4.78 is 35.7. The van der Waals surface area contributed by atoms with Crippen molar-refractivity contribution in [2.24, 2.45) is 10.4 Å². The molecule has 25 heavy (non-hydrogen) atoms. The summed E-state index contributed by atoms with van der Waals surface area (Å²) in [6.07, 6.45) is -5.15. The van der Waals surface area contributed by atoms with E-state index in [1.165, 1.54) is 0 Å². The highest BCUT2D eigenvalue weighted by Crippen LogP contribution is 2.37. The number of alkyl halides is 2. The zero-order chi connectivity index (χ0) is 18.8. The van der Waals surface area contributed by atoms with Gasteiger partial charge in [0.15, 0.2) is 5.17 Å². The summed E-state index contributed by atoms with van der Waals surface area (Å²) in [4.78, 5) is 15.7. The molecule has 1 saturated heterocycles. The van der Waals surface area contributed by atoms with Crippen molar-refractivity contribution in [3.63, 3.8) is 0 Å². The Labute approximate surface area is 148 Å². The van der Waals surface area contributed by atoms with Crippen molar-refractivity contribution in [3.05, 3.63) is 12.2 Å². The molecule has 0 radical (unpaired) electrons. The number of nitrogens with zero attached hydrogens (tertiary/aromatic N) is 1. The van der Waals surface area contributed by atoms with Gasteiger partial charge in [0.2, 0.25) is 0 Å². The van der Waals surface area contributed by atoms with Crippen LogP contribution in [-0.4, -0.2) is 64.3 Å². The lowest BCUT2D eigenvalue weighted by atomic mass is 9.96. The summed E-state index contributed by atoms with van der Waals surface area (Å²) in [5, 5.41) is 22.1. The van der Waals surface area contributed by atoms with Crippen LogP contribution < -0.4 is 5.32 Å². The molecule has 2 aliphatic heterocycles. The average molecular weight is 380 g/mol. The summed E-state index contributed by atoms with van der Waals surface area (Å²) in [7, 11) is 0. The summed E-state index contributed by atoms with van der Waals surface area (Å²) in [5.74, 6) is 0. The number of carbonyl (C=O) groups is 1. The van der Waals surface area contributed by atoms with Crippen molar-refractivity contribution in [1.29, 1.82) is 0 Å². The molecule has 0 aromatic rings. The van der Waals surface area contributed by atoms with E-state index in [4.69, 9.17) is 9.47 Å². The van der Waals surface area contributed by atoms with Gasteiger partial charge in [-0.05, 0) is 5.41 Å². The highest BCUT2D eigenvalue weighted by atomic mass is 32.2. The molecule has 0 unspecified atom stereocenters. The van der Waals surface area contributed by atoms with Gasteiger partial charge in [0, 0.05) is 0 Å². The van der Waals surface area contributed by atoms with Gasteiger partial charge in [0.1, 0.15) is 36.4 Å². The molecule has 1 fully saturated rings. The molecule has 142 valence electrons. The van der Waals surface area contributed by atoms with E-state index in [0.717, 1.165) is 11.8 Å². The molecule has 1 amide bonds. The second kappa shape index (κ2) is 7.98. The van der Waals surface area contributed by atoms with Crippen molar-refractivity contribution in [2.75, 3.05) is 6.61 Å². The van der Waals surface area contributed by atoms with E-state index in [2.05, 4.69) is 10.3 Å². The fraction of sp³-hybridized carbons (Fsp3) is 0.733. The van der Waals surface area contributed by atoms with Crippen LogP contribution in [0.3, 0.4) is 0 Å².